The summed E-state index contributed by atoms with van der Waals surface area (Å²) in [5, 5.41) is 6.83. The van der Waals surface area contributed by atoms with Crippen molar-refractivity contribution in [2.45, 2.75) is 45.6 Å². The van der Waals surface area contributed by atoms with Crippen LogP contribution in [-0.2, 0) is 11.3 Å². The van der Waals surface area contributed by atoms with E-state index in [1.165, 1.54) is 50.9 Å². The predicted molar refractivity (Wildman–Crippen MR) is 132 cm³/mol. The Bertz CT molecular complexity index is 590. The molecule has 0 unspecified atom stereocenters. The maximum absolute atomic E-state index is 5.87. The van der Waals surface area contributed by atoms with E-state index in [2.05, 4.69) is 45.6 Å². The summed E-state index contributed by atoms with van der Waals surface area (Å²) in [4.78, 5) is 6.94. The highest BCUT2D eigenvalue weighted by Crippen LogP contribution is 2.20. The van der Waals surface area contributed by atoms with Gasteiger partial charge in [0.25, 0.3) is 0 Å². The number of nitrogens with one attached hydrogen (secondary N) is 2. The van der Waals surface area contributed by atoms with Gasteiger partial charge in [-0.2, -0.15) is 0 Å². The number of guanidine groups is 1. The fourth-order valence-electron chi connectivity index (χ4n) is 3.45. The molecule has 0 amide bonds. The molecule has 1 fully saturated rings. The highest BCUT2D eigenvalue weighted by molar-refractivity contribution is 14.0. The summed E-state index contributed by atoms with van der Waals surface area (Å²) in [6, 6.07) is 6.29. The van der Waals surface area contributed by atoms with Crippen LogP contribution in [0.2, 0.25) is 0 Å². The van der Waals surface area contributed by atoms with E-state index in [0.29, 0.717) is 19.8 Å². The van der Waals surface area contributed by atoms with Gasteiger partial charge in [0.2, 0.25) is 0 Å². The molecule has 0 radical (unpaired) electrons. The van der Waals surface area contributed by atoms with Gasteiger partial charge in [-0.1, -0.05) is 25.0 Å². The van der Waals surface area contributed by atoms with Gasteiger partial charge >= 0.3 is 0 Å². The van der Waals surface area contributed by atoms with Crippen molar-refractivity contribution in [1.82, 2.24) is 15.5 Å². The van der Waals surface area contributed by atoms with Crippen molar-refractivity contribution in [3.8, 4) is 5.75 Å². The Balaban J connectivity index is 0.00000420. The van der Waals surface area contributed by atoms with Crippen LogP contribution in [0.4, 0.5) is 0 Å². The zero-order valence-corrected chi connectivity index (χ0v) is 20.7. The third-order valence-corrected chi connectivity index (χ3v) is 5.08. The number of nitrogens with zero attached hydrogens (tertiary/aromatic N) is 2. The van der Waals surface area contributed by atoms with Gasteiger partial charge in [0.05, 0.1) is 6.61 Å². The molecular formula is C22H39IN4O2. The monoisotopic (exact) mass is 518 g/mol. The average molecular weight is 518 g/mol. The number of ether oxygens (including phenoxy) is 2. The number of benzene rings is 1. The predicted octanol–water partition coefficient (Wildman–Crippen LogP) is 3.57. The number of aliphatic imine (C=N–C) groups is 1. The molecule has 0 bridgehead atoms. The molecule has 1 aliphatic heterocycles. The maximum atomic E-state index is 5.87. The Labute approximate surface area is 193 Å². The summed E-state index contributed by atoms with van der Waals surface area (Å²) in [5.41, 5.74) is 2.31. The van der Waals surface area contributed by atoms with Gasteiger partial charge in [0.15, 0.2) is 5.96 Å². The Kier molecular flexibility index (Phi) is 14.1. The van der Waals surface area contributed by atoms with E-state index in [1.807, 2.05) is 7.05 Å². The van der Waals surface area contributed by atoms with Gasteiger partial charge in [-0.3, -0.25) is 4.99 Å². The molecule has 6 nitrogen and oxygen atoms in total. The lowest BCUT2D eigenvalue weighted by Gasteiger charge is -2.20. The number of halogens is 1. The highest BCUT2D eigenvalue weighted by Gasteiger charge is 2.09. The standard InChI is InChI=1S/C22H38N4O2.HI/c1-19-9-10-20(21(17-19)28-16-15-27-3)18-25-22(23-2)24-11-8-14-26-12-6-4-5-7-13-26;/h9-10,17H,4-8,11-16,18H2,1-3H3,(H2,23,24,25);1H. The number of likely N-dealkylation sites (tertiary alicyclic amines) is 1. The van der Waals surface area contributed by atoms with Crippen LogP contribution in [-0.4, -0.2) is 64.4 Å². The van der Waals surface area contributed by atoms with E-state index in [9.17, 15) is 0 Å². The van der Waals surface area contributed by atoms with Gasteiger partial charge in [0, 0.05) is 32.8 Å². The molecule has 1 saturated heterocycles. The molecular weight excluding hydrogens is 479 g/mol. The molecule has 1 aliphatic rings. The first-order chi connectivity index (χ1) is 13.7. The van der Waals surface area contributed by atoms with E-state index >= 15 is 0 Å². The van der Waals surface area contributed by atoms with Crippen molar-refractivity contribution >= 4 is 29.9 Å². The van der Waals surface area contributed by atoms with Crippen LogP contribution in [0, 0.1) is 6.92 Å². The summed E-state index contributed by atoms with van der Waals surface area (Å²) >= 11 is 0. The van der Waals surface area contributed by atoms with Crippen molar-refractivity contribution < 1.29 is 9.47 Å². The van der Waals surface area contributed by atoms with Crippen molar-refractivity contribution in [1.29, 1.82) is 0 Å². The lowest BCUT2D eigenvalue weighted by molar-refractivity contribution is 0.145. The third kappa shape index (κ3) is 10.5. The molecule has 0 aromatic heterocycles. The van der Waals surface area contributed by atoms with E-state index in [1.54, 1.807) is 7.11 Å². The Morgan fingerprint density at radius 2 is 1.86 bits per heavy atom. The SMILES string of the molecule is CN=C(NCCCN1CCCCCC1)NCc1ccc(C)cc1OCCOC.I. The molecule has 0 aliphatic carbocycles. The van der Waals surface area contributed by atoms with Gasteiger partial charge in [-0.25, -0.2) is 0 Å². The molecule has 0 spiro atoms. The second-order valence-electron chi connectivity index (χ2n) is 7.41. The minimum absolute atomic E-state index is 0. The molecule has 7 heteroatoms. The molecule has 166 valence electrons. The summed E-state index contributed by atoms with van der Waals surface area (Å²) in [7, 11) is 3.50. The molecule has 1 aromatic rings. The van der Waals surface area contributed by atoms with E-state index < -0.39 is 0 Å². The Hall–Kier alpha value is -1.06. The maximum Gasteiger partial charge on any atom is 0.191 e. The summed E-state index contributed by atoms with van der Waals surface area (Å²) in [6.45, 7) is 8.50. The minimum Gasteiger partial charge on any atom is -0.491 e. The second-order valence-corrected chi connectivity index (χ2v) is 7.41. The molecule has 29 heavy (non-hydrogen) atoms. The van der Waals surface area contributed by atoms with Crippen LogP contribution in [0.3, 0.4) is 0 Å². The Morgan fingerprint density at radius 1 is 1.10 bits per heavy atom. The van der Waals surface area contributed by atoms with Crippen LogP contribution in [0.15, 0.2) is 23.2 Å². The fourth-order valence-corrected chi connectivity index (χ4v) is 3.45. The minimum atomic E-state index is 0. The number of aryl methyl sites for hydroxylation is 1. The fraction of sp³-hybridized carbons (Fsp3) is 0.682. The third-order valence-electron chi connectivity index (χ3n) is 5.08. The van der Waals surface area contributed by atoms with Gasteiger partial charge in [-0.15, -0.1) is 24.0 Å². The summed E-state index contributed by atoms with van der Waals surface area (Å²) in [6.07, 6.45) is 6.61. The molecule has 0 atom stereocenters. The van der Waals surface area contributed by atoms with Crippen LogP contribution in [0.5, 0.6) is 5.75 Å². The van der Waals surface area contributed by atoms with E-state index in [0.717, 1.165) is 30.2 Å². The first kappa shape index (κ1) is 26.0. The van der Waals surface area contributed by atoms with Crippen molar-refractivity contribution in [3.63, 3.8) is 0 Å². The first-order valence-corrected chi connectivity index (χ1v) is 10.6. The molecule has 0 saturated carbocycles. The molecule has 1 heterocycles. The molecule has 1 aromatic carbocycles. The first-order valence-electron chi connectivity index (χ1n) is 10.6. The number of rotatable bonds is 10. The van der Waals surface area contributed by atoms with Crippen molar-refractivity contribution in [2.24, 2.45) is 4.99 Å². The molecule has 2 rings (SSSR count). The summed E-state index contributed by atoms with van der Waals surface area (Å²) in [5.74, 6) is 1.74. The van der Waals surface area contributed by atoms with Crippen molar-refractivity contribution in [2.75, 3.05) is 53.6 Å². The lowest BCUT2D eigenvalue weighted by Crippen LogP contribution is -2.38. The second kappa shape index (κ2) is 15.7. The molecule has 2 N–H and O–H groups in total. The van der Waals surface area contributed by atoms with Crippen LogP contribution in [0.1, 0.15) is 43.2 Å². The van der Waals surface area contributed by atoms with Gasteiger partial charge in [0.1, 0.15) is 12.4 Å². The van der Waals surface area contributed by atoms with Crippen LogP contribution < -0.4 is 15.4 Å². The average Bonchev–Trinajstić information content (AvgIpc) is 2.97. The Morgan fingerprint density at radius 3 is 2.55 bits per heavy atom. The lowest BCUT2D eigenvalue weighted by atomic mass is 10.1. The number of hydrogen-bond donors (Lipinski definition) is 2. The smallest absolute Gasteiger partial charge is 0.191 e. The van der Waals surface area contributed by atoms with Crippen molar-refractivity contribution in [3.05, 3.63) is 29.3 Å². The summed E-state index contributed by atoms with van der Waals surface area (Å²) < 4.78 is 11.0. The van der Waals surface area contributed by atoms with Gasteiger partial charge < -0.3 is 25.0 Å². The highest BCUT2D eigenvalue weighted by atomic mass is 127. The van der Waals surface area contributed by atoms with E-state index in [-0.39, 0.29) is 24.0 Å². The van der Waals surface area contributed by atoms with E-state index in [4.69, 9.17) is 9.47 Å². The number of methoxy groups -OCH3 is 1. The van der Waals surface area contributed by atoms with Crippen LogP contribution >= 0.6 is 24.0 Å². The van der Waals surface area contributed by atoms with Gasteiger partial charge in [-0.05, 0) is 57.5 Å². The van der Waals surface area contributed by atoms with Crippen LogP contribution in [0.25, 0.3) is 0 Å². The topological polar surface area (TPSA) is 58.1 Å². The zero-order valence-electron chi connectivity index (χ0n) is 18.3. The zero-order chi connectivity index (χ0) is 20.0. The number of hydrogen-bond acceptors (Lipinski definition) is 4. The normalized spacial score (nSPS) is 15.3. The quantitative estimate of drug-likeness (QED) is 0.215. The largest absolute Gasteiger partial charge is 0.491 e.